The molecule has 1 aliphatic heterocycles. The van der Waals surface area contributed by atoms with Crippen molar-refractivity contribution in [3.8, 4) is 0 Å². The van der Waals surface area contributed by atoms with Crippen molar-refractivity contribution < 1.29 is 8.42 Å². The highest BCUT2D eigenvalue weighted by Crippen LogP contribution is 2.24. The van der Waals surface area contributed by atoms with E-state index in [0.29, 0.717) is 13.1 Å². The summed E-state index contributed by atoms with van der Waals surface area (Å²) < 4.78 is 26.1. The van der Waals surface area contributed by atoms with Crippen LogP contribution in [0.4, 0.5) is 0 Å². The first-order chi connectivity index (χ1) is 5.93. The molecule has 5 nitrogen and oxygen atoms in total. The molecule has 0 amide bonds. The van der Waals surface area contributed by atoms with Crippen LogP contribution in [0, 0.1) is 0 Å². The SMILES string of the molecule is CCCC1(N)CN(S(=O)(=O)NC)C1. The van der Waals surface area contributed by atoms with E-state index in [9.17, 15) is 8.42 Å². The van der Waals surface area contributed by atoms with Gasteiger partial charge in [0.15, 0.2) is 0 Å². The van der Waals surface area contributed by atoms with E-state index in [1.807, 2.05) is 6.92 Å². The summed E-state index contributed by atoms with van der Waals surface area (Å²) in [5, 5.41) is 0. The zero-order chi connectivity index (χ0) is 10.1. The largest absolute Gasteiger partial charge is 0.323 e. The van der Waals surface area contributed by atoms with Gasteiger partial charge in [-0.3, -0.25) is 0 Å². The monoisotopic (exact) mass is 207 g/mol. The molecule has 1 aliphatic rings. The third-order valence-corrected chi connectivity index (χ3v) is 3.78. The summed E-state index contributed by atoms with van der Waals surface area (Å²) in [6.07, 6.45) is 1.87. The lowest BCUT2D eigenvalue weighted by atomic mass is 9.89. The Labute approximate surface area is 79.5 Å². The predicted molar refractivity (Wildman–Crippen MR) is 51.4 cm³/mol. The standard InChI is InChI=1S/C7H17N3O2S/c1-3-4-7(8)5-10(6-7)13(11,12)9-2/h9H,3-6,8H2,1-2H3. The number of nitrogens with one attached hydrogen (secondary N) is 1. The van der Waals surface area contributed by atoms with Crippen molar-refractivity contribution in [2.45, 2.75) is 25.3 Å². The highest BCUT2D eigenvalue weighted by molar-refractivity contribution is 7.87. The fraction of sp³-hybridized carbons (Fsp3) is 1.00. The van der Waals surface area contributed by atoms with Crippen LogP contribution in [-0.4, -0.2) is 38.4 Å². The van der Waals surface area contributed by atoms with Crippen molar-refractivity contribution >= 4 is 10.2 Å². The van der Waals surface area contributed by atoms with Crippen molar-refractivity contribution in [3.05, 3.63) is 0 Å². The molecule has 78 valence electrons. The van der Waals surface area contributed by atoms with E-state index >= 15 is 0 Å². The molecule has 0 bridgehead atoms. The van der Waals surface area contributed by atoms with Gasteiger partial charge in [0.2, 0.25) is 0 Å². The summed E-state index contributed by atoms with van der Waals surface area (Å²) in [5.74, 6) is 0. The normalized spacial score (nSPS) is 22.7. The van der Waals surface area contributed by atoms with Gasteiger partial charge in [0, 0.05) is 25.7 Å². The molecule has 1 saturated heterocycles. The second kappa shape index (κ2) is 3.53. The van der Waals surface area contributed by atoms with Gasteiger partial charge in [-0.1, -0.05) is 13.3 Å². The van der Waals surface area contributed by atoms with Gasteiger partial charge in [-0.05, 0) is 6.42 Å². The summed E-state index contributed by atoms with van der Waals surface area (Å²) in [4.78, 5) is 0. The lowest BCUT2D eigenvalue weighted by Crippen LogP contribution is -2.69. The number of hydrogen-bond acceptors (Lipinski definition) is 3. The first-order valence-electron chi connectivity index (χ1n) is 4.41. The van der Waals surface area contributed by atoms with Crippen LogP contribution >= 0.6 is 0 Å². The second-order valence-corrected chi connectivity index (χ2v) is 5.46. The fourth-order valence-corrected chi connectivity index (χ4v) is 2.72. The molecule has 0 spiro atoms. The summed E-state index contributed by atoms with van der Waals surface area (Å²) in [7, 11) is -1.84. The Morgan fingerprint density at radius 1 is 1.54 bits per heavy atom. The highest BCUT2D eigenvalue weighted by atomic mass is 32.2. The highest BCUT2D eigenvalue weighted by Gasteiger charge is 2.43. The summed E-state index contributed by atoms with van der Waals surface area (Å²) >= 11 is 0. The third kappa shape index (κ3) is 2.19. The van der Waals surface area contributed by atoms with E-state index < -0.39 is 10.2 Å². The molecule has 0 aromatic carbocycles. The molecule has 0 radical (unpaired) electrons. The van der Waals surface area contributed by atoms with Crippen molar-refractivity contribution in [1.82, 2.24) is 9.03 Å². The molecule has 0 aliphatic carbocycles. The smallest absolute Gasteiger partial charge is 0.279 e. The topological polar surface area (TPSA) is 75.4 Å². The van der Waals surface area contributed by atoms with Crippen LogP contribution in [0.5, 0.6) is 0 Å². The molecule has 1 rings (SSSR count). The Balaban J connectivity index is 2.50. The summed E-state index contributed by atoms with van der Waals surface area (Å²) in [5.41, 5.74) is 5.63. The average Bonchev–Trinajstić information content (AvgIpc) is 2.00. The van der Waals surface area contributed by atoms with Gasteiger partial charge in [0.25, 0.3) is 10.2 Å². The van der Waals surface area contributed by atoms with E-state index in [4.69, 9.17) is 5.73 Å². The Hall–Kier alpha value is -0.170. The predicted octanol–water partition coefficient (Wildman–Crippen LogP) is -0.736. The lowest BCUT2D eigenvalue weighted by molar-refractivity contribution is 0.145. The van der Waals surface area contributed by atoms with E-state index in [1.165, 1.54) is 11.4 Å². The fourth-order valence-electron chi connectivity index (χ4n) is 1.61. The second-order valence-electron chi connectivity index (χ2n) is 3.59. The molecule has 0 unspecified atom stereocenters. The first-order valence-corrected chi connectivity index (χ1v) is 5.85. The van der Waals surface area contributed by atoms with Crippen LogP contribution in [0.1, 0.15) is 19.8 Å². The van der Waals surface area contributed by atoms with E-state index in [-0.39, 0.29) is 5.54 Å². The van der Waals surface area contributed by atoms with Crippen LogP contribution in [0.2, 0.25) is 0 Å². The Morgan fingerprint density at radius 2 is 2.08 bits per heavy atom. The van der Waals surface area contributed by atoms with Gasteiger partial charge in [0.1, 0.15) is 0 Å². The molecule has 1 heterocycles. The molecule has 0 aromatic heterocycles. The van der Waals surface area contributed by atoms with Crippen LogP contribution in [0.25, 0.3) is 0 Å². The van der Waals surface area contributed by atoms with Crippen LogP contribution in [0.3, 0.4) is 0 Å². The Morgan fingerprint density at radius 3 is 2.46 bits per heavy atom. The van der Waals surface area contributed by atoms with E-state index in [0.717, 1.165) is 12.8 Å². The van der Waals surface area contributed by atoms with Crippen LogP contribution in [0.15, 0.2) is 0 Å². The van der Waals surface area contributed by atoms with E-state index in [2.05, 4.69) is 4.72 Å². The molecule has 0 aromatic rings. The van der Waals surface area contributed by atoms with Gasteiger partial charge < -0.3 is 5.73 Å². The van der Waals surface area contributed by atoms with Crippen molar-refractivity contribution in [1.29, 1.82) is 0 Å². The number of nitrogens with zero attached hydrogens (tertiary/aromatic N) is 1. The zero-order valence-corrected chi connectivity index (χ0v) is 8.89. The van der Waals surface area contributed by atoms with Crippen LogP contribution < -0.4 is 10.5 Å². The lowest BCUT2D eigenvalue weighted by Gasteiger charge is -2.46. The quantitative estimate of drug-likeness (QED) is 0.638. The maximum absolute atomic E-state index is 11.2. The van der Waals surface area contributed by atoms with E-state index in [1.54, 1.807) is 0 Å². The molecule has 13 heavy (non-hydrogen) atoms. The van der Waals surface area contributed by atoms with Crippen molar-refractivity contribution in [2.24, 2.45) is 5.73 Å². The maximum Gasteiger partial charge on any atom is 0.279 e. The molecular weight excluding hydrogens is 190 g/mol. The minimum Gasteiger partial charge on any atom is -0.323 e. The van der Waals surface area contributed by atoms with Gasteiger partial charge in [-0.2, -0.15) is 12.7 Å². The molecule has 6 heteroatoms. The summed E-state index contributed by atoms with van der Waals surface area (Å²) in [6.45, 7) is 2.91. The molecule has 0 saturated carbocycles. The third-order valence-electron chi connectivity index (χ3n) is 2.33. The molecule has 1 fully saturated rings. The number of rotatable bonds is 4. The van der Waals surface area contributed by atoms with Crippen LogP contribution in [-0.2, 0) is 10.2 Å². The Kier molecular flexibility index (Phi) is 2.96. The van der Waals surface area contributed by atoms with Gasteiger partial charge >= 0.3 is 0 Å². The maximum atomic E-state index is 11.2. The van der Waals surface area contributed by atoms with Crippen molar-refractivity contribution in [2.75, 3.05) is 20.1 Å². The zero-order valence-electron chi connectivity index (χ0n) is 8.08. The number of nitrogens with two attached hydrogens (primary N) is 1. The van der Waals surface area contributed by atoms with Gasteiger partial charge in [-0.25, -0.2) is 4.72 Å². The van der Waals surface area contributed by atoms with Crippen molar-refractivity contribution in [3.63, 3.8) is 0 Å². The number of hydrogen-bond donors (Lipinski definition) is 2. The molecular formula is C7H17N3O2S. The summed E-state index contributed by atoms with van der Waals surface area (Å²) in [6, 6.07) is 0. The molecule has 0 atom stereocenters. The average molecular weight is 207 g/mol. The van der Waals surface area contributed by atoms with Gasteiger partial charge in [-0.15, -0.1) is 0 Å². The Bertz CT molecular complexity index is 269. The first kappa shape index (κ1) is 10.9. The minimum atomic E-state index is -3.25. The van der Waals surface area contributed by atoms with Gasteiger partial charge in [0.05, 0.1) is 0 Å². The molecule has 3 N–H and O–H groups in total. The minimum absolute atomic E-state index is 0.293.